The van der Waals surface area contributed by atoms with Crippen molar-refractivity contribution in [2.75, 3.05) is 32.7 Å². The zero-order valence-corrected chi connectivity index (χ0v) is 14.7. The molecule has 1 fully saturated rings. The van der Waals surface area contributed by atoms with Gasteiger partial charge in [-0.2, -0.15) is 4.31 Å². The van der Waals surface area contributed by atoms with E-state index in [2.05, 4.69) is 0 Å². The minimum absolute atomic E-state index is 0. The zero-order valence-electron chi connectivity index (χ0n) is 11.5. The van der Waals surface area contributed by atoms with Crippen LogP contribution >= 0.6 is 35.6 Å². The first-order valence-electron chi connectivity index (χ1n) is 6.29. The van der Waals surface area contributed by atoms with E-state index in [1.54, 1.807) is 4.90 Å². The van der Waals surface area contributed by atoms with E-state index in [9.17, 15) is 13.2 Å². The minimum Gasteiger partial charge on any atom is -0.339 e. The van der Waals surface area contributed by atoms with Crippen molar-refractivity contribution in [3.8, 4) is 0 Å². The molecule has 1 aliphatic heterocycles. The van der Waals surface area contributed by atoms with Gasteiger partial charge < -0.3 is 10.6 Å². The molecule has 0 bridgehead atoms. The number of rotatable bonds is 3. The predicted octanol–water partition coefficient (Wildman–Crippen LogP) is 1.21. The molecular formula is C12H16Cl3N3O3S. The lowest BCUT2D eigenvalue weighted by Gasteiger charge is -2.34. The van der Waals surface area contributed by atoms with Crippen LogP contribution < -0.4 is 5.73 Å². The van der Waals surface area contributed by atoms with Crippen molar-refractivity contribution in [2.24, 2.45) is 5.73 Å². The van der Waals surface area contributed by atoms with Crippen LogP contribution in [-0.4, -0.2) is 56.3 Å². The van der Waals surface area contributed by atoms with Crippen LogP contribution in [0.3, 0.4) is 0 Å². The molecule has 2 N–H and O–H groups in total. The van der Waals surface area contributed by atoms with E-state index in [1.807, 2.05) is 0 Å². The van der Waals surface area contributed by atoms with Gasteiger partial charge in [-0.3, -0.25) is 4.79 Å². The van der Waals surface area contributed by atoms with E-state index >= 15 is 0 Å². The quantitative estimate of drug-likeness (QED) is 0.843. The van der Waals surface area contributed by atoms with Crippen LogP contribution in [0.15, 0.2) is 23.1 Å². The molecular weight excluding hydrogens is 373 g/mol. The molecule has 22 heavy (non-hydrogen) atoms. The molecule has 0 radical (unpaired) electrons. The standard InChI is InChI=1S/C12H15Cl2N3O3S.ClH/c13-9-1-2-10(14)11(7-9)21(19,20)17-5-3-16(4-6-17)12(18)8-15;/h1-2,7H,3-6,8,15H2;1H. The molecule has 0 spiro atoms. The maximum atomic E-state index is 12.6. The first-order valence-corrected chi connectivity index (χ1v) is 8.49. The van der Waals surface area contributed by atoms with E-state index in [-0.39, 0.29) is 47.9 Å². The molecule has 0 saturated carbocycles. The van der Waals surface area contributed by atoms with E-state index in [0.717, 1.165) is 0 Å². The Bertz CT molecular complexity index is 646. The summed E-state index contributed by atoms with van der Waals surface area (Å²) in [6.07, 6.45) is 0. The van der Waals surface area contributed by atoms with Gasteiger partial charge in [0, 0.05) is 31.2 Å². The largest absolute Gasteiger partial charge is 0.339 e. The highest BCUT2D eigenvalue weighted by Crippen LogP contribution is 2.28. The molecule has 2 rings (SSSR count). The summed E-state index contributed by atoms with van der Waals surface area (Å²) in [5.41, 5.74) is 5.30. The Morgan fingerprint density at radius 3 is 2.32 bits per heavy atom. The van der Waals surface area contributed by atoms with Gasteiger partial charge in [-0.05, 0) is 18.2 Å². The third-order valence-electron chi connectivity index (χ3n) is 3.28. The Morgan fingerprint density at radius 2 is 1.77 bits per heavy atom. The Morgan fingerprint density at radius 1 is 1.18 bits per heavy atom. The molecule has 0 aliphatic carbocycles. The van der Waals surface area contributed by atoms with Crippen molar-refractivity contribution < 1.29 is 13.2 Å². The van der Waals surface area contributed by atoms with Crippen LogP contribution in [0.1, 0.15) is 0 Å². The van der Waals surface area contributed by atoms with Crippen LogP contribution in [0.2, 0.25) is 10.0 Å². The van der Waals surface area contributed by atoms with Gasteiger partial charge in [0.2, 0.25) is 15.9 Å². The highest BCUT2D eigenvalue weighted by atomic mass is 35.5. The fraction of sp³-hybridized carbons (Fsp3) is 0.417. The second-order valence-electron chi connectivity index (χ2n) is 4.56. The first-order chi connectivity index (χ1) is 9.86. The number of piperazine rings is 1. The molecule has 1 aliphatic rings. The van der Waals surface area contributed by atoms with Gasteiger partial charge in [0.1, 0.15) is 4.90 Å². The fourth-order valence-electron chi connectivity index (χ4n) is 2.12. The van der Waals surface area contributed by atoms with Crippen LogP contribution in [0.25, 0.3) is 0 Å². The Balaban J connectivity index is 0.00000242. The third-order valence-corrected chi connectivity index (χ3v) is 5.89. The van der Waals surface area contributed by atoms with E-state index in [0.29, 0.717) is 18.1 Å². The molecule has 124 valence electrons. The Kier molecular flexibility index (Phi) is 6.91. The van der Waals surface area contributed by atoms with Gasteiger partial charge in [0.25, 0.3) is 0 Å². The van der Waals surface area contributed by atoms with Gasteiger partial charge in [0.05, 0.1) is 11.6 Å². The van der Waals surface area contributed by atoms with Crippen LogP contribution in [0.4, 0.5) is 0 Å². The summed E-state index contributed by atoms with van der Waals surface area (Å²) in [6, 6.07) is 4.31. The van der Waals surface area contributed by atoms with Gasteiger partial charge in [-0.25, -0.2) is 8.42 Å². The number of hydrogen-bond donors (Lipinski definition) is 1. The lowest BCUT2D eigenvalue weighted by atomic mass is 10.3. The number of carbonyl (C=O) groups excluding carboxylic acids is 1. The summed E-state index contributed by atoms with van der Waals surface area (Å²) in [5, 5.41) is 0.426. The van der Waals surface area contributed by atoms with E-state index < -0.39 is 10.0 Å². The van der Waals surface area contributed by atoms with Gasteiger partial charge in [0.15, 0.2) is 0 Å². The first kappa shape index (κ1) is 19.5. The summed E-state index contributed by atoms with van der Waals surface area (Å²) in [6.45, 7) is 0.960. The van der Waals surface area contributed by atoms with Crippen LogP contribution in [0.5, 0.6) is 0 Å². The molecule has 0 unspecified atom stereocenters. The van der Waals surface area contributed by atoms with E-state index in [1.165, 1.54) is 22.5 Å². The zero-order chi connectivity index (χ0) is 15.6. The van der Waals surface area contributed by atoms with Crippen molar-refractivity contribution in [1.82, 2.24) is 9.21 Å². The summed E-state index contributed by atoms with van der Waals surface area (Å²) in [4.78, 5) is 13.0. The van der Waals surface area contributed by atoms with Crippen LogP contribution in [0, 0.1) is 0 Å². The third kappa shape index (κ3) is 4.04. The molecule has 1 saturated heterocycles. The molecule has 1 amide bonds. The highest BCUT2D eigenvalue weighted by Gasteiger charge is 2.31. The molecule has 1 aromatic rings. The number of amides is 1. The lowest BCUT2D eigenvalue weighted by Crippen LogP contribution is -2.51. The molecule has 6 nitrogen and oxygen atoms in total. The lowest BCUT2D eigenvalue weighted by molar-refractivity contribution is -0.130. The van der Waals surface area contributed by atoms with Crippen molar-refractivity contribution >= 4 is 51.5 Å². The second kappa shape index (κ2) is 7.81. The Labute approximate surface area is 145 Å². The Hall–Kier alpha value is -0.570. The second-order valence-corrected chi connectivity index (χ2v) is 7.31. The van der Waals surface area contributed by atoms with Gasteiger partial charge in [-0.15, -0.1) is 12.4 Å². The number of sulfonamides is 1. The topological polar surface area (TPSA) is 83.7 Å². The average Bonchev–Trinajstić information content (AvgIpc) is 2.49. The monoisotopic (exact) mass is 387 g/mol. The van der Waals surface area contributed by atoms with Crippen molar-refractivity contribution in [3.63, 3.8) is 0 Å². The number of carbonyl (C=O) groups is 1. The van der Waals surface area contributed by atoms with E-state index in [4.69, 9.17) is 28.9 Å². The summed E-state index contributed by atoms with van der Waals surface area (Å²) < 4.78 is 26.4. The normalized spacial score (nSPS) is 16.2. The molecule has 0 atom stereocenters. The molecule has 1 aromatic carbocycles. The molecule has 1 heterocycles. The van der Waals surface area contributed by atoms with Crippen molar-refractivity contribution in [3.05, 3.63) is 28.2 Å². The number of halogens is 3. The highest BCUT2D eigenvalue weighted by molar-refractivity contribution is 7.89. The SMILES string of the molecule is Cl.NCC(=O)N1CCN(S(=O)(=O)c2cc(Cl)ccc2Cl)CC1. The summed E-state index contributed by atoms with van der Waals surface area (Å²) in [7, 11) is -3.72. The average molecular weight is 389 g/mol. The fourth-order valence-corrected chi connectivity index (χ4v) is 4.28. The molecule has 10 heteroatoms. The van der Waals surface area contributed by atoms with Crippen molar-refractivity contribution in [1.29, 1.82) is 0 Å². The summed E-state index contributed by atoms with van der Waals surface area (Å²) in [5.74, 6) is -0.187. The van der Waals surface area contributed by atoms with Crippen LogP contribution in [-0.2, 0) is 14.8 Å². The summed E-state index contributed by atoms with van der Waals surface area (Å²) >= 11 is 11.8. The number of nitrogens with two attached hydrogens (primary N) is 1. The number of nitrogens with zero attached hydrogens (tertiary/aromatic N) is 2. The maximum Gasteiger partial charge on any atom is 0.244 e. The number of hydrogen-bond acceptors (Lipinski definition) is 4. The predicted molar refractivity (Wildman–Crippen MR) is 88.1 cm³/mol. The maximum absolute atomic E-state index is 12.6. The molecule has 0 aromatic heterocycles. The smallest absolute Gasteiger partial charge is 0.244 e. The van der Waals surface area contributed by atoms with Gasteiger partial charge >= 0.3 is 0 Å². The number of benzene rings is 1. The van der Waals surface area contributed by atoms with Crippen molar-refractivity contribution in [2.45, 2.75) is 4.90 Å². The minimum atomic E-state index is -3.72. The van der Waals surface area contributed by atoms with Gasteiger partial charge in [-0.1, -0.05) is 23.2 Å².